The average Bonchev–Trinajstić information content (AvgIpc) is 3.34. The van der Waals surface area contributed by atoms with Crippen LogP contribution < -0.4 is 10.6 Å². The molecule has 0 saturated carbocycles. The second-order valence-electron chi connectivity index (χ2n) is 9.45. The largest absolute Gasteiger partial charge is 0.417 e. The van der Waals surface area contributed by atoms with Gasteiger partial charge in [-0.05, 0) is 56.7 Å². The third-order valence-electron chi connectivity index (χ3n) is 7.28. The summed E-state index contributed by atoms with van der Waals surface area (Å²) in [7, 11) is 0. The molecule has 11 heteroatoms. The van der Waals surface area contributed by atoms with Crippen LogP contribution in [0.4, 0.5) is 18.9 Å². The Labute approximate surface area is 200 Å². The zero-order chi connectivity index (χ0) is 25.5. The van der Waals surface area contributed by atoms with Crippen molar-refractivity contribution in [2.75, 3.05) is 24.5 Å². The summed E-state index contributed by atoms with van der Waals surface area (Å²) in [6, 6.07) is 4.58. The van der Waals surface area contributed by atoms with Crippen LogP contribution in [-0.2, 0) is 22.2 Å². The summed E-state index contributed by atoms with van der Waals surface area (Å²) in [6.07, 6.45) is -2.97. The van der Waals surface area contributed by atoms with Gasteiger partial charge < -0.3 is 20.1 Å². The van der Waals surface area contributed by atoms with Crippen LogP contribution >= 0.6 is 0 Å². The number of nitrogens with two attached hydrogens (primary N) is 1. The van der Waals surface area contributed by atoms with E-state index >= 15 is 0 Å². The molecule has 1 aromatic heterocycles. The van der Waals surface area contributed by atoms with Gasteiger partial charge in [0.05, 0.1) is 29.3 Å². The van der Waals surface area contributed by atoms with E-state index in [-0.39, 0.29) is 17.7 Å². The van der Waals surface area contributed by atoms with Crippen LogP contribution in [0.2, 0.25) is 0 Å². The fourth-order valence-electron chi connectivity index (χ4n) is 5.24. The van der Waals surface area contributed by atoms with Crippen LogP contribution in [0.3, 0.4) is 0 Å². The van der Waals surface area contributed by atoms with Gasteiger partial charge in [-0.15, -0.1) is 0 Å². The number of nitriles is 1. The number of nitrogens with zero attached hydrogens (tertiary/aromatic N) is 4. The molecule has 35 heavy (non-hydrogen) atoms. The second kappa shape index (κ2) is 8.91. The van der Waals surface area contributed by atoms with Crippen LogP contribution in [0.5, 0.6) is 0 Å². The normalized spacial score (nSPS) is 19.7. The third-order valence-corrected chi connectivity index (χ3v) is 7.28. The lowest BCUT2D eigenvalue weighted by Gasteiger charge is -2.40. The Kier molecular flexibility index (Phi) is 6.25. The van der Waals surface area contributed by atoms with Crippen molar-refractivity contribution in [3.8, 4) is 6.07 Å². The van der Waals surface area contributed by atoms with Crippen molar-refractivity contribution in [2.24, 2.45) is 11.1 Å². The molecule has 1 spiro atoms. The first kappa shape index (κ1) is 24.6. The van der Waals surface area contributed by atoms with Gasteiger partial charge in [-0.2, -0.15) is 18.4 Å². The lowest BCUT2D eigenvalue weighted by Crippen LogP contribution is -2.45. The molecular weight excluding hydrogens is 463 g/mol. The summed E-state index contributed by atoms with van der Waals surface area (Å²) in [6.45, 7) is 4.75. The highest BCUT2D eigenvalue weighted by Crippen LogP contribution is 2.45. The zero-order valence-electron chi connectivity index (χ0n) is 19.5. The number of hydrogen-bond acceptors (Lipinski definition) is 6. The van der Waals surface area contributed by atoms with Gasteiger partial charge in [-0.25, -0.2) is 0 Å². The fourth-order valence-corrected chi connectivity index (χ4v) is 5.24. The number of benzene rings is 1. The maximum Gasteiger partial charge on any atom is 0.417 e. The van der Waals surface area contributed by atoms with Crippen molar-refractivity contribution >= 4 is 17.5 Å². The number of anilines is 1. The number of aryl methyl sites for hydroxylation is 2. The Balaban J connectivity index is 1.49. The van der Waals surface area contributed by atoms with Crippen LogP contribution in [0.15, 0.2) is 22.7 Å². The topological polar surface area (TPSA) is 116 Å². The molecule has 2 aliphatic heterocycles. The van der Waals surface area contributed by atoms with Crippen molar-refractivity contribution in [3.63, 3.8) is 0 Å². The Bertz CT molecular complexity index is 1170. The predicted octanol–water partition coefficient (Wildman–Crippen LogP) is 3.10. The first-order valence-electron chi connectivity index (χ1n) is 11.3. The van der Waals surface area contributed by atoms with E-state index in [0.29, 0.717) is 61.6 Å². The second-order valence-corrected chi connectivity index (χ2v) is 9.45. The lowest BCUT2D eigenvalue weighted by molar-refractivity contribution is -0.137. The Morgan fingerprint density at radius 2 is 1.97 bits per heavy atom. The first-order valence-corrected chi connectivity index (χ1v) is 11.3. The number of hydrogen-bond donors (Lipinski definition) is 1. The molecular formula is C24H26F3N5O3. The van der Waals surface area contributed by atoms with Gasteiger partial charge in [-0.1, -0.05) is 5.16 Å². The summed E-state index contributed by atoms with van der Waals surface area (Å²) in [5.74, 6) is -0.253. The Morgan fingerprint density at radius 1 is 1.29 bits per heavy atom. The number of amides is 2. The number of aromatic nitrogens is 1. The van der Waals surface area contributed by atoms with Gasteiger partial charge >= 0.3 is 6.18 Å². The number of carbonyl (C=O) groups excluding carboxylic acids is 2. The lowest BCUT2D eigenvalue weighted by atomic mass is 9.76. The molecule has 1 atom stereocenters. The van der Waals surface area contributed by atoms with Crippen molar-refractivity contribution in [1.29, 1.82) is 5.26 Å². The number of alkyl halides is 3. The van der Waals surface area contributed by atoms with Crippen molar-refractivity contribution in [2.45, 2.75) is 51.7 Å². The SMILES string of the molecule is Cc1noc(C)c1CC(=O)N1CC2(CCN(c3ccc(C#N)c(C(F)(F)F)c3)CC2)CC1C(N)=O. The highest BCUT2D eigenvalue weighted by molar-refractivity contribution is 5.88. The summed E-state index contributed by atoms with van der Waals surface area (Å²) >= 11 is 0. The zero-order valence-corrected chi connectivity index (χ0v) is 19.5. The molecule has 3 heterocycles. The van der Waals surface area contributed by atoms with Crippen LogP contribution in [0.25, 0.3) is 0 Å². The first-order chi connectivity index (χ1) is 16.4. The quantitative estimate of drug-likeness (QED) is 0.706. The van der Waals surface area contributed by atoms with Gasteiger partial charge in [0, 0.05) is 30.9 Å². The maximum atomic E-state index is 13.4. The maximum absolute atomic E-state index is 13.4. The number of rotatable bonds is 4. The predicted molar refractivity (Wildman–Crippen MR) is 119 cm³/mol. The van der Waals surface area contributed by atoms with E-state index in [2.05, 4.69) is 5.16 Å². The van der Waals surface area contributed by atoms with E-state index in [1.807, 2.05) is 4.90 Å². The molecule has 2 aromatic rings. The summed E-state index contributed by atoms with van der Waals surface area (Å²) in [5.41, 5.74) is 5.63. The molecule has 2 amide bonds. The molecule has 2 saturated heterocycles. The standard InChI is InChI=1S/C24H26F3N5O3/c1-14-18(15(2)35-30-14)10-21(33)32-13-23(11-20(32)22(29)34)5-7-31(8-6-23)17-4-3-16(12-28)19(9-17)24(25,26)27/h3-4,9,20H,5-8,10-11,13H2,1-2H3,(H2,29,34). The van der Waals surface area contributed by atoms with E-state index in [1.165, 1.54) is 17.0 Å². The molecule has 0 aliphatic carbocycles. The molecule has 4 rings (SSSR count). The number of carbonyl (C=O) groups is 2. The van der Waals surface area contributed by atoms with Crippen molar-refractivity contribution in [3.05, 3.63) is 46.3 Å². The smallest absolute Gasteiger partial charge is 0.371 e. The van der Waals surface area contributed by atoms with Crippen molar-refractivity contribution < 1.29 is 27.3 Å². The number of piperidine rings is 1. The van der Waals surface area contributed by atoms with Crippen LogP contribution in [0.1, 0.15) is 47.4 Å². The molecule has 1 aromatic carbocycles. The molecule has 1 unspecified atom stereocenters. The van der Waals surface area contributed by atoms with Crippen molar-refractivity contribution in [1.82, 2.24) is 10.1 Å². The Morgan fingerprint density at radius 3 is 2.51 bits per heavy atom. The van der Waals surface area contributed by atoms with Gasteiger partial charge in [0.1, 0.15) is 11.8 Å². The van der Waals surface area contributed by atoms with E-state index < -0.39 is 29.3 Å². The van der Waals surface area contributed by atoms with Gasteiger partial charge in [0.25, 0.3) is 0 Å². The van der Waals surface area contributed by atoms with E-state index in [1.54, 1.807) is 19.9 Å². The Hall–Kier alpha value is -3.55. The van der Waals surface area contributed by atoms with Gasteiger partial charge in [0.2, 0.25) is 11.8 Å². The monoisotopic (exact) mass is 489 g/mol. The third kappa shape index (κ3) is 4.70. The van der Waals surface area contributed by atoms with Gasteiger partial charge in [0.15, 0.2) is 0 Å². The molecule has 2 fully saturated rings. The summed E-state index contributed by atoms with van der Waals surface area (Å²) in [5, 5.41) is 12.9. The van der Waals surface area contributed by atoms with Crippen LogP contribution in [0, 0.1) is 30.6 Å². The molecule has 8 nitrogen and oxygen atoms in total. The molecule has 2 N–H and O–H groups in total. The van der Waals surface area contributed by atoms with E-state index in [4.69, 9.17) is 15.5 Å². The minimum atomic E-state index is -4.62. The average molecular weight is 489 g/mol. The molecule has 186 valence electrons. The molecule has 0 radical (unpaired) electrons. The fraction of sp³-hybridized carbons (Fsp3) is 0.500. The summed E-state index contributed by atoms with van der Waals surface area (Å²) in [4.78, 5) is 28.7. The van der Waals surface area contributed by atoms with Crippen LogP contribution in [-0.4, -0.2) is 47.5 Å². The number of likely N-dealkylation sites (tertiary alicyclic amines) is 1. The highest BCUT2D eigenvalue weighted by Gasteiger charge is 2.49. The number of halogens is 3. The van der Waals surface area contributed by atoms with Gasteiger partial charge in [-0.3, -0.25) is 9.59 Å². The minimum Gasteiger partial charge on any atom is -0.371 e. The molecule has 2 aliphatic rings. The summed E-state index contributed by atoms with van der Waals surface area (Å²) < 4.78 is 45.3. The van der Waals surface area contributed by atoms with E-state index in [0.717, 1.165) is 6.07 Å². The van der Waals surface area contributed by atoms with E-state index in [9.17, 15) is 22.8 Å². The number of primary amides is 1. The highest BCUT2D eigenvalue weighted by atomic mass is 19.4. The minimum absolute atomic E-state index is 0.0542. The molecule has 0 bridgehead atoms.